The van der Waals surface area contributed by atoms with Crippen LogP contribution in [0.5, 0.6) is 0 Å². The largest absolute Gasteiger partial charge is 0.392 e. The highest BCUT2D eigenvalue weighted by molar-refractivity contribution is 9.10. The smallest absolute Gasteiger partial charge is 0.311 e. The number of nitrogens with two attached hydrogens (primary N) is 1. The molecular formula is C22H25BrN6O4. The van der Waals surface area contributed by atoms with E-state index in [1.54, 1.807) is 13.1 Å². The van der Waals surface area contributed by atoms with Gasteiger partial charge >= 0.3 is 5.69 Å². The number of halogens is 1. The molecule has 1 atom stereocenters. The molecule has 0 aliphatic rings. The molecule has 3 aromatic rings. The van der Waals surface area contributed by atoms with Crippen LogP contribution in [0.15, 0.2) is 53.3 Å². The van der Waals surface area contributed by atoms with Crippen LogP contribution in [0.3, 0.4) is 0 Å². The predicted octanol–water partition coefficient (Wildman–Crippen LogP) is 3.42. The van der Waals surface area contributed by atoms with Gasteiger partial charge in [0.15, 0.2) is 0 Å². The topological polar surface area (TPSA) is 148 Å². The van der Waals surface area contributed by atoms with Crippen molar-refractivity contribution in [1.29, 1.82) is 0 Å². The highest BCUT2D eigenvalue weighted by Crippen LogP contribution is 2.27. The average molecular weight is 517 g/mol. The number of nitro groups is 1. The number of rotatable bonds is 10. The molecule has 174 valence electrons. The molecule has 2 aromatic heterocycles. The Morgan fingerprint density at radius 1 is 1.27 bits per heavy atom. The Labute approximate surface area is 199 Å². The van der Waals surface area contributed by atoms with Gasteiger partial charge in [0.25, 0.3) is 5.91 Å². The fraction of sp³-hybridized carbons (Fsp3) is 0.273. The van der Waals surface area contributed by atoms with E-state index in [-0.39, 0.29) is 24.0 Å². The number of aromatic nitrogens is 2. The second-order valence-corrected chi connectivity index (χ2v) is 8.44. The molecule has 0 radical (unpaired) electrons. The van der Waals surface area contributed by atoms with Gasteiger partial charge in [-0.15, -0.1) is 0 Å². The molecule has 0 saturated heterocycles. The number of hydrogen-bond acceptors (Lipinski definition) is 7. The first-order valence-corrected chi connectivity index (χ1v) is 11.1. The molecule has 2 heterocycles. The highest BCUT2D eigenvalue weighted by atomic mass is 79.9. The molecule has 0 fully saturated rings. The standard InChI is InChI=1S/C22H25BrN6O4/c1-14(30)11-26-22(31)18-13-28(12-17(18)15-3-5-16(23)6-4-15)10-2-9-25-20-8-7-19(29(32)33)21(24)27-20/h3-8,12-14,30H,2,9-11H2,1H3,(H,26,31)(H3,24,25,27)/t14-/m1/s1. The monoisotopic (exact) mass is 516 g/mol. The SMILES string of the molecule is C[C@@H](O)CNC(=O)c1cn(CCCNc2ccc([N+](=O)[O-])c(N)n2)cc1-c1ccc(Br)cc1. The molecule has 11 heteroatoms. The van der Waals surface area contributed by atoms with Gasteiger partial charge in [-0.3, -0.25) is 14.9 Å². The highest BCUT2D eigenvalue weighted by Gasteiger charge is 2.17. The summed E-state index contributed by atoms with van der Waals surface area (Å²) in [6.07, 6.45) is 3.78. The van der Waals surface area contributed by atoms with E-state index in [0.717, 1.165) is 15.6 Å². The number of carbonyl (C=O) groups excluding carboxylic acids is 1. The lowest BCUT2D eigenvalue weighted by Crippen LogP contribution is -2.30. The van der Waals surface area contributed by atoms with Gasteiger partial charge in [-0.2, -0.15) is 0 Å². The molecule has 0 aliphatic heterocycles. The van der Waals surface area contributed by atoms with Crippen molar-refractivity contribution >= 4 is 39.2 Å². The van der Waals surface area contributed by atoms with Crippen LogP contribution in [0.1, 0.15) is 23.7 Å². The van der Waals surface area contributed by atoms with Gasteiger partial charge in [-0.05, 0) is 37.1 Å². The molecule has 5 N–H and O–H groups in total. The minimum Gasteiger partial charge on any atom is -0.392 e. The molecule has 0 bridgehead atoms. The first-order chi connectivity index (χ1) is 15.7. The number of benzene rings is 1. The van der Waals surface area contributed by atoms with E-state index in [9.17, 15) is 20.0 Å². The van der Waals surface area contributed by atoms with E-state index in [1.165, 1.54) is 12.1 Å². The Balaban J connectivity index is 1.68. The van der Waals surface area contributed by atoms with Gasteiger partial charge in [0.1, 0.15) is 5.82 Å². The molecule has 0 aliphatic carbocycles. The van der Waals surface area contributed by atoms with E-state index in [1.807, 2.05) is 35.0 Å². The lowest BCUT2D eigenvalue weighted by molar-refractivity contribution is -0.384. The molecule has 10 nitrogen and oxygen atoms in total. The third kappa shape index (κ3) is 6.53. The number of nitrogens with zero attached hydrogens (tertiary/aromatic N) is 3. The first-order valence-electron chi connectivity index (χ1n) is 10.3. The van der Waals surface area contributed by atoms with Gasteiger partial charge in [0, 0.05) is 48.1 Å². The van der Waals surface area contributed by atoms with Crippen LogP contribution in [-0.2, 0) is 6.54 Å². The zero-order chi connectivity index (χ0) is 24.0. The Kier molecular flexibility index (Phi) is 8.01. The van der Waals surface area contributed by atoms with E-state index < -0.39 is 11.0 Å². The van der Waals surface area contributed by atoms with Gasteiger partial charge in [-0.25, -0.2) is 4.98 Å². The summed E-state index contributed by atoms with van der Waals surface area (Å²) in [5.74, 6) is 0.0676. The summed E-state index contributed by atoms with van der Waals surface area (Å²) >= 11 is 3.42. The van der Waals surface area contributed by atoms with Crippen molar-refractivity contribution in [2.75, 3.05) is 24.1 Å². The fourth-order valence-corrected chi connectivity index (χ4v) is 3.48. The van der Waals surface area contributed by atoms with Crippen LogP contribution in [0, 0.1) is 10.1 Å². The number of pyridine rings is 1. The van der Waals surface area contributed by atoms with Crippen molar-refractivity contribution in [3.63, 3.8) is 0 Å². The molecule has 0 saturated carbocycles. The number of hydrogen-bond donors (Lipinski definition) is 4. The fourth-order valence-electron chi connectivity index (χ4n) is 3.21. The van der Waals surface area contributed by atoms with Gasteiger partial charge < -0.3 is 26.0 Å². The van der Waals surface area contributed by atoms with Gasteiger partial charge in [0.2, 0.25) is 5.82 Å². The Morgan fingerprint density at radius 3 is 2.64 bits per heavy atom. The van der Waals surface area contributed by atoms with E-state index in [4.69, 9.17) is 5.73 Å². The zero-order valence-corrected chi connectivity index (χ0v) is 19.6. The molecule has 3 rings (SSSR count). The van der Waals surface area contributed by atoms with Gasteiger partial charge in [-0.1, -0.05) is 28.1 Å². The summed E-state index contributed by atoms with van der Waals surface area (Å²) in [7, 11) is 0. The second kappa shape index (κ2) is 10.9. The Bertz CT molecular complexity index is 1130. The number of nitrogen functional groups attached to an aromatic ring is 1. The minimum absolute atomic E-state index is 0.137. The van der Waals surface area contributed by atoms with Crippen LogP contribution in [0.25, 0.3) is 11.1 Å². The number of aliphatic hydroxyl groups excluding tert-OH is 1. The average Bonchev–Trinajstić information content (AvgIpc) is 3.19. The van der Waals surface area contributed by atoms with Crippen molar-refractivity contribution < 1.29 is 14.8 Å². The first kappa shape index (κ1) is 24.2. The maximum atomic E-state index is 12.7. The zero-order valence-electron chi connectivity index (χ0n) is 18.0. The summed E-state index contributed by atoms with van der Waals surface area (Å²) in [6.45, 7) is 2.96. The number of carbonyl (C=O) groups is 1. The summed E-state index contributed by atoms with van der Waals surface area (Å²) < 4.78 is 2.88. The summed E-state index contributed by atoms with van der Waals surface area (Å²) in [5, 5.41) is 26.2. The molecule has 0 spiro atoms. The minimum atomic E-state index is -0.639. The Morgan fingerprint density at radius 2 is 2.00 bits per heavy atom. The number of anilines is 2. The van der Waals surface area contributed by atoms with Crippen molar-refractivity contribution in [3.05, 3.63) is 68.9 Å². The number of nitrogens with one attached hydrogen (secondary N) is 2. The van der Waals surface area contributed by atoms with Crippen LogP contribution >= 0.6 is 15.9 Å². The lowest BCUT2D eigenvalue weighted by Gasteiger charge is -2.08. The molecule has 33 heavy (non-hydrogen) atoms. The van der Waals surface area contributed by atoms with Crippen molar-refractivity contribution in [1.82, 2.24) is 14.9 Å². The maximum Gasteiger partial charge on any atom is 0.311 e. The predicted molar refractivity (Wildman–Crippen MR) is 130 cm³/mol. The maximum absolute atomic E-state index is 12.7. The lowest BCUT2D eigenvalue weighted by atomic mass is 10.0. The Hall–Kier alpha value is -3.44. The summed E-state index contributed by atoms with van der Waals surface area (Å²) in [4.78, 5) is 27.0. The van der Waals surface area contributed by atoms with E-state index >= 15 is 0 Å². The van der Waals surface area contributed by atoms with Gasteiger partial charge in [0.05, 0.1) is 16.6 Å². The number of amides is 1. The molecular weight excluding hydrogens is 492 g/mol. The van der Waals surface area contributed by atoms with E-state index in [0.29, 0.717) is 30.9 Å². The third-order valence-corrected chi connectivity index (χ3v) is 5.36. The van der Waals surface area contributed by atoms with E-state index in [2.05, 4.69) is 31.5 Å². The summed E-state index contributed by atoms with van der Waals surface area (Å²) in [5.41, 5.74) is 7.62. The van der Waals surface area contributed by atoms with Crippen LogP contribution in [0.2, 0.25) is 0 Å². The van der Waals surface area contributed by atoms with Crippen molar-refractivity contribution in [3.8, 4) is 11.1 Å². The summed E-state index contributed by atoms with van der Waals surface area (Å²) in [6, 6.07) is 10.5. The van der Waals surface area contributed by atoms with Crippen LogP contribution < -0.4 is 16.4 Å². The van der Waals surface area contributed by atoms with Crippen LogP contribution in [0.4, 0.5) is 17.3 Å². The van der Waals surface area contributed by atoms with Crippen molar-refractivity contribution in [2.45, 2.75) is 26.0 Å². The number of aliphatic hydroxyl groups is 1. The second-order valence-electron chi connectivity index (χ2n) is 7.53. The third-order valence-electron chi connectivity index (χ3n) is 4.84. The van der Waals surface area contributed by atoms with Crippen LogP contribution in [-0.4, -0.2) is 44.7 Å². The van der Waals surface area contributed by atoms with Crippen molar-refractivity contribution in [2.24, 2.45) is 0 Å². The quantitative estimate of drug-likeness (QED) is 0.183. The molecule has 1 aromatic carbocycles. The normalized spacial score (nSPS) is 11.7. The molecule has 1 amide bonds. The molecule has 0 unspecified atom stereocenters. The number of aryl methyl sites for hydroxylation is 1.